The van der Waals surface area contributed by atoms with E-state index in [0.717, 1.165) is 5.56 Å². The molecule has 0 saturated heterocycles. The number of carbonyl (C=O) groups excluding carboxylic acids is 2. The van der Waals surface area contributed by atoms with Crippen LogP contribution in [0.4, 0.5) is 4.39 Å². The highest BCUT2D eigenvalue weighted by atomic mass is 35.5. The van der Waals surface area contributed by atoms with Crippen molar-refractivity contribution in [1.29, 1.82) is 0 Å². The standard InChI is InChI=1S/C21H22ClFN2O3/c22-17-5-1-14(2-6-17)11-16(21(24)25-20(28)9-10-26)13-19(27)12-15-3-7-18(23)8-4-15/h1-8,16,26H,9-13H2,(H2,24,25,28)/t16-/m1/s1. The number of halogens is 2. The Hall–Kier alpha value is -2.57. The summed E-state index contributed by atoms with van der Waals surface area (Å²) in [7, 11) is 0. The van der Waals surface area contributed by atoms with E-state index in [1.54, 1.807) is 24.3 Å². The van der Waals surface area contributed by atoms with Crippen LogP contribution in [0.1, 0.15) is 24.0 Å². The highest BCUT2D eigenvalue weighted by Crippen LogP contribution is 2.18. The quantitative estimate of drug-likeness (QED) is 0.496. The van der Waals surface area contributed by atoms with Crippen LogP contribution in [0.2, 0.25) is 5.02 Å². The number of Topliss-reactive ketones (excluding diaryl/α,β-unsaturated/α-hetero) is 1. The van der Waals surface area contributed by atoms with E-state index in [4.69, 9.17) is 22.4 Å². The van der Waals surface area contributed by atoms with Gasteiger partial charge < -0.3 is 10.8 Å². The Bertz CT molecular complexity index is 836. The summed E-state index contributed by atoms with van der Waals surface area (Å²) in [5.41, 5.74) is 7.61. The SMILES string of the molecule is NC(=NC(=O)CCO)[C@@H](CC(=O)Cc1ccc(F)cc1)Cc1ccc(Cl)cc1. The first-order valence-electron chi connectivity index (χ1n) is 8.85. The molecule has 0 fully saturated rings. The first-order chi connectivity index (χ1) is 13.4. The zero-order valence-electron chi connectivity index (χ0n) is 15.3. The van der Waals surface area contributed by atoms with Gasteiger partial charge in [0, 0.05) is 23.8 Å². The third-order valence-electron chi connectivity index (χ3n) is 4.18. The number of nitrogens with zero attached hydrogens (tertiary/aromatic N) is 1. The minimum Gasteiger partial charge on any atom is -0.396 e. The highest BCUT2D eigenvalue weighted by molar-refractivity contribution is 6.30. The minimum atomic E-state index is -0.535. The van der Waals surface area contributed by atoms with E-state index in [9.17, 15) is 14.0 Å². The predicted molar refractivity (Wildman–Crippen MR) is 107 cm³/mol. The number of carbonyl (C=O) groups is 2. The van der Waals surface area contributed by atoms with E-state index < -0.39 is 11.8 Å². The lowest BCUT2D eigenvalue weighted by Crippen LogP contribution is -2.29. The molecule has 3 N–H and O–H groups in total. The number of hydrogen-bond donors (Lipinski definition) is 2. The Morgan fingerprint density at radius 2 is 1.68 bits per heavy atom. The number of amides is 1. The molecular formula is C21H22ClFN2O3. The van der Waals surface area contributed by atoms with Crippen molar-refractivity contribution in [2.24, 2.45) is 16.6 Å². The van der Waals surface area contributed by atoms with Gasteiger partial charge in [0.2, 0.25) is 5.91 Å². The van der Waals surface area contributed by atoms with E-state index in [2.05, 4.69) is 4.99 Å². The van der Waals surface area contributed by atoms with Gasteiger partial charge in [-0.25, -0.2) is 9.38 Å². The number of ketones is 1. The van der Waals surface area contributed by atoms with Crippen LogP contribution in [-0.4, -0.2) is 29.2 Å². The van der Waals surface area contributed by atoms with E-state index >= 15 is 0 Å². The van der Waals surface area contributed by atoms with Crippen molar-refractivity contribution in [2.45, 2.75) is 25.7 Å². The predicted octanol–water partition coefficient (Wildman–Crippen LogP) is 3.11. The summed E-state index contributed by atoms with van der Waals surface area (Å²) in [6, 6.07) is 12.8. The van der Waals surface area contributed by atoms with Crippen molar-refractivity contribution in [3.63, 3.8) is 0 Å². The number of aliphatic imine (C=N–C) groups is 1. The zero-order chi connectivity index (χ0) is 20.5. The van der Waals surface area contributed by atoms with Crippen molar-refractivity contribution in [1.82, 2.24) is 0 Å². The van der Waals surface area contributed by atoms with Gasteiger partial charge in [0.05, 0.1) is 13.0 Å². The molecule has 0 spiro atoms. The molecule has 1 amide bonds. The normalized spacial score (nSPS) is 12.6. The number of nitrogens with two attached hydrogens (primary N) is 1. The van der Waals surface area contributed by atoms with Gasteiger partial charge in [0.25, 0.3) is 0 Å². The average molecular weight is 405 g/mol. The maximum Gasteiger partial charge on any atom is 0.249 e. The molecule has 0 aliphatic heterocycles. The number of amidine groups is 1. The Kier molecular flexibility index (Phi) is 8.29. The van der Waals surface area contributed by atoms with Gasteiger partial charge in [-0.1, -0.05) is 35.9 Å². The summed E-state index contributed by atoms with van der Waals surface area (Å²) in [6.45, 7) is -0.318. The average Bonchev–Trinajstić information content (AvgIpc) is 2.65. The van der Waals surface area contributed by atoms with Gasteiger partial charge in [-0.3, -0.25) is 9.59 Å². The molecule has 28 heavy (non-hydrogen) atoms. The second kappa shape index (κ2) is 10.7. The van der Waals surface area contributed by atoms with Gasteiger partial charge in [-0.15, -0.1) is 0 Å². The van der Waals surface area contributed by atoms with Gasteiger partial charge in [-0.05, 0) is 41.8 Å². The van der Waals surface area contributed by atoms with Crippen LogP contribution in [0.15, 0.2) is 53.5 Å². The Morgan fingerprint density at radius 3 is 2.29 bits per heavy atom. The van der Waals surface area contributed by atoms with Crippen LogP contribution in [0, 0.1) is 11.7 Å². The Labute approximate surface area is 168 Å². The monoisotopic (exact) mass is 404 g/mol. The second-order valence-corrected chi connectivity index (χ2v) is 6.91. The molecule has 0 aromatic heterocycles. The minimum absolute atomic E-state index is 0.0563. The topological polar surface area (TPSA) is 92.8 Å². The molecule has 0 aliphatic rings. The van der Waals surface area contributed by atoms with Crippen LogP contribution < -0.4 is 5.73 Å². The number of benzene rings is 2. The third-order valence-corrected chi connectivity index (χ3v) is 4.43. The third kappa shape index (κ3) is 7.21. The second-order valence-electron chi connectivity index (χ2n) is 6.48. The van der Waals surface area contributed by atoms with Crippen molar-refractivity contribution in [3.8, 4) is 0 Å². The molecule has 0 heterocycles. The molecule has 1 atom stereocenters. The van der Waals surface area contributed by atoms with E-state index in [0.29, 0.717) is 17.0 Å². The van der Waals surface area contributed by atoms with Gasteiger partial charge in [-0.2, -0.15) is 0 Å². The largest absolute Gasteiger partial charge is 0.396 e. The molecule has 2 aromatic rings. The lowest BCUT2D eigenvalue weighted by molar-refractivity contribution is -0.120. The number of rotatable bonds is 9. The molecule has 0 bridgehead atoms. The van der Waals surface area contributed by atoms with E-state index in [1.807, 2.05) is 12.1 Å². The first kappa shape index (κ1) is 21.7. The van der Waals surface area contributed by atoms with Crippen LogP contribution in [0.3, 0.4) is 0 Å². The Morgan fingerprint density at radius 1 is 1.07 bits per heavy atom. The fourth-order valence-corrected chi connectivity index (χ4v) is 2.88. The molecule has 7 heteroatoms. The van der Waals surface area contributed by atoms with Crippen LogP contribution in [0.25, 0.3) is 0 Å². The maximum absolute atomic E-state index is 13.0. The van der Waals surface area contributed by atoms with Gasteiger partial charge in [0.15, 0.2) is 0 Å². The lowest BCUT2D eigenvalue weighted by atomic mass is 9.91. The summed E-state index contributed by atoms with van der Waals surface area (Å²) in [4.78, 5) is 28.0. The molecule has 0 aliphatic carbocycles. The summed E-state index contributed by atoms with van der Waals surface area (Å²) < 4.78 is 13.0. The molecular weight excluding hydrogens is 383 g/mol. The molecule has 0 radical (unpaired) electrons. The fraction of sp³-hybridized carbons (Fsp3) is 0.286. The molecule has 0 unspecified atom stereocenters. The molecule has 0 saturated carbocycles. The summed E-state index contributed by atoms with van der Waals surface area (Å²) in [5, 5.41) is 9.44. The van der Waals surface area contributed by atoms with E-state index in [-0.39, 0.29) is 43.3 Å². The number of aliphatic hydroxyl groups excluding tert-OH is 1. The number of aliphatic hydroxyl groups is 1. The smallest absolute Gasteiger partial charge is 0.249 e. The molecule has 5 nitrogen and oxygen atoms in total. The lowest BCUT2D eigenvalue weighted by Gasteiger charge is -2.16. The van der Waals surface area contributed by atoms with Crippen LogP contribution >= 0.6 is 11.6 Å². The van der Waals surface area contributed by atoms with Crippen molar-refractivity contribution >= 4 is 29.1 Å². The summed E-state index contributed by atoms with van der Waals surface area (Å²) >= 11 is 5.90. The van der Waals surface area contributed by atoms with Crippen molar-refractivity contribution in [2.75, 3.05) is 6.61 Å². The summed E-state index contributed by atoms with van der Waals surface area (Å²) in [5.74, 6) is -1.42. The van der Waals surface area contributed by atoms with Crippen LogP contribution in [-0.2, 0) is 22.4 Å². The van der Waals surface area contributed by atoms with Crippen molar-refractivity contribution in [3.05, 3.63) is 70.5 Å². The van der Waals surface area contributed by atoms with Crippen LogP contribution in [0.5, 0.6) is 0 Å². The van der Waals surface area contributed by atoms with Crippen molar-refractivity contribution < 1.29 is 19.1 Å². The molecule has 148 valence electrons. The first-order valence-corrected chi connectivity index (χ1v) is 9.23. The molecule has 2 rings (SSSR count). The zero-order valence-corrected chi connectivity index (χ0v) is 16.0. The summed E-state index contributed by atoms with van der Waals surface area (Å²) in [6.07, 6.45) is 0.503. The van der Waals surface area contributed by atoms with Gasteiger partial charge in [0.1, 0.15) is 17.4 Å². The van der Waals surface area contributed by atoms with E-state index in [1.165, 1.54) is 12.1 Å². The fourth-order valence-electron chi connectivity index (χ4n) is 2.75. The molecule has 2 aromatic carbocycles. The van der Waals surface area contributed by atoms with Gasteiger partial charge >= 0.3 is 0 Å². The number of hydrogen-bond acceptors (Lipinski definition) is 3. The highest BCUT2D eigenvalue weighted by Gasteiger charge is 2.20. The Balaban J connectivity index is 2.13. The maximum atomic E-state index is 13.0.